The van der Waals surface area contributed by atoms with Crippen molar-refractivity contribution in [2.45, 2.75) is 26.3 Å². The van der Waals surface area contributed by atoms with E-state index in [2.05, 4.69) is 61.9 Å². The molecule has 0 saturated carbocycles. The third kappa shape index (κ3) is 3.48. The number of hydrogen-bond donors (Lipinski definition) is 1. The zero-order valence-corrected chi connectivity index (χ0v) is 17.2. The fourth-order valence-corrected chi connectivity index (χ4v) is 3.84. The first kappa shape index (κ1) is 18.1. The molecular formula is C20H24BrN5O. The molecule has 0 radical (unpaired) electrons. The van der Waals surface area contributed by atoms with Crippen molar-refractivity contribution in [3.05, 3.63) is 41.0 Å². The zero-order valence-electron chi connectivity index (χ0n) is 15.7. The summed E-state index contributed by atoms with van der Waals surface area (Å²) in [6.07, 6.45) is 3.01. The van der Waals surface area contributed by atoms with Gasteiger partial charge in [0, 0.05) is 42.9 Å². The maximum Gasteiger partial charge on any atom is 0.317 e. The molecule has 1 saturated heterocycles. The number of anilines is 1. The number of amides is 2. The molecule has 2 amide bonds. The lowest BCUT2D eigenvalue weighted by molar-refractivity contribution is 0.190. The molecule has 1 aliphatic heterocycles. The van der Waals surface area contributed by atoms with Crippen molar-refractivity contribution in [3.63, 3.8) is 0 Å². The molecule has 0 aliphatic carbocycles. The van der Waals surface area contributed by atoms with Crippen LogP contribution in [-0.4, -0.2) is 52.5 Å². The van der Waals surface area contributed by atoms with Gasteiger partial charge in [-0.05, 0) is 43.7 Å². The van der Waals surface area contributed by atoms with E-state index in [1.54, 1.807) is 0 Å². The molecule has 0 unspecified atom stereocenters. The molecule has 1 aromatic carbocycles. The van der Waals surface area contributed by atoms with Crippen LogP contribution >= 0.6 is 15.9 Å². The molecule has 142 valence electrons. The molecule has 0 bridgehead atoms. The van der Waals surface area contributed by atoms with Crippen LogP contribution in [0.15, 0.2) is 41.0 Å². The van der Waals surface area contributed by atoms with Crippen molar-refractivity contribution < 1.29 is 4.79 Å². The highest BCUT2D eigenvalue weighted by Crippen LogP contribution is 2.27. The Bertz CT molecular complexity index is 977. The number of fused-ring (bicyclic) bond motifs is 3. The van der Waals surface area contributed by atoms with Crippen molar-refractivity contribution in [2.24, 2.45) is 0 Å². The van der Waals surface area contributed by atoms with Gasteiger partial charge >= 0.3 is 6.03 Å². The number of carbonyl (C=O) groups is 1. The molecule has 0 spiro atoms. The van der Waals surface area contributed by atoms with Gasteiger partial charge in [0.15, 0.2) is 5.82 Å². The summed E-state index contributed by atoms with van der Waals surface area (Å²) in [6, 6.07) is 10.6. The fraction of sp³-hybridized carbons (Fsp3) is 0.400. The van der Waals surface area contributed by atoms with E-state index in [0.717, 1.165) is 46.4 Å². The van der Waals surface area contributed by atoms with Gasteiger partial charge in [0.25, 0.3) is 0 Å². The van der Waals surface area contributed by atoms with Crippen LogP contribution in [-0.2, 0) is 0 Å². The molecule has 1 atom stereocenters. The molecule has 6 nitrogen and oxygen atoms in total. The first-order chi connectivity index (χ1) is 13.1. The monoisotopic (exact) mass is 429 g/mol. The molecule has 3 aromatic rings. The van der Waals surface area contributed by atoms with Crippen molar-refractivity contribution in [2.75, 3.05) is 31.1 Å². The third-order valence-electron chi connectivity index (χ3n) is 5.25. The van der Waals surface area contributed by atoms with E-state index < -0.39 is 0 Å². The first-order valence-corrected chi connectivity index (χ1v) is 10.2. The molecule has 4 rings (SSSR count). The normalized spacial score (nSPS) is 16.1. The first-order valence-electron chi connectivity index (χ1n) is 9.43. The lowest BCUT2D eigenvalue weighted by Crippen LogP contribution is -2.53. The van der Waals surface area contributed by atoms with Gasteiger partial charge in [-0.3, -0.25) is 0 Å². The summed E-state index contributed by atoms with van der Waals surface area (Å²) in [5.74, 6) is 0.979. The van der Waals surface area contributed by atoms with Crippen LogP contribution in [0.4, 0.5) is 10.6 Å². The maximum absolute atomic E-state index is 12.4. The summed E-state index contributed by atoms with van der Waals surface area (Å²) >= 11 is 3.54. The van der Waals surface area contributed by atoms with E-state index in [-0.39, 0.29) is 12.1 Å². The summed E-state index contributed by atoms with van der Waals surface area (Å²) in [6.45, 7) is 7.08. The molecule has 27 heavy (non-hydrogen) atoms. The largest absolute Gasteiger partial charge is 0.351 e. The standard InChI is InChI=1S/C20H24BrN5O/c1-3-14(2)22-20(27)25-11-9-24(10-12-25)19-18-5-4-8-26(18)17-7-6-15(21)13-16(17)23-19/h4-8,13-14H,3,9-12H2,1-2H3,(H,22,27)/t14-/m0/s1. The Hall–Kier alpha value is -2.28. The minimum absolute atomic E-state index is 0.0345. The number of aromatic nitrogens is 2. The Morgan fingerprint density at radius 1 is 1.22 bits per heavy atom. The van der Waals surface area contributed by atoms with Crippen LogP contribution in [0.25, 0.3) is 16.6 Å². The Morgan fingerprint density at radius 2 is 2.00 bits per heavy atom. The highest BCUT2D eigenvalue weighted by atomic mass is 79.9. The van der Waals surface area contributed by atoms with E-state index in [9.17, 15) is 4.79 Å². The van der Waals surface area contributed by atoms with Gasteiger partial charge in [-0.25, -0.2) is 9.78 Å². The van der Waals surface area contributed by atoms with Crippen LogP contribution in [0.2, 0.25) is 0 Å². The van der Waals surface area contributed by atoms with Gasteiger partial charge in [0.1, 0.15) is 0 Å². The van der Waals surface area contributed by atoms with Gasteiger partial charge in [0.2, 0.25) is 0 Å². The van der Waals surface area contributed by atoms with Crippen LogP contribution in [0.3, 0.4) is 0 Å². The van der Waals surface area contributed by atoms with Crippen molar-refractivity contribution in [1.29, 1.82) is 0 Å². The Balaban J connectivity index is 1.58. The predicted molar refractivity (Wildman–Crippen MR) is 112 cm³/mol. The van der Waals surface area contributed by atoms with Crippen LogP contribution in [0, 0.1) is 0 Å². The second kappa shape index (κ2) is 7.38. The number of carbonyl (C=O) groups excluding carboxylic acids is 1. The van der Waals surface area contributed by atoms with Crippen molar-refractivity contribution in [3.8, 4) is 0 Å². The summed E-state index contributed by atoms with van der Waals surface area (Å²) in [5.41, 5.74) is 3.15. The van der Waals surface area contributed by atoms with Crippen molar-refractivity contribution in [1.82, 2.24) is 19.6 Å². The Morgan fingerprint density at radius 3 is 2.74 bits per heavy atom. The Kier molecular flexibility index (Phi) is 4.95. The summed E-state index contributed by atoms with van der Waals surface area (Å²) < 4.78 is 3.21. The number of urea groups is 1. The minimum Gasteiger partial charge on any atom is -0.351 e. The van der Waals surface area contributed by atoms with E-state index in [1.807, 2.05) is 24.0 Å². The summed E-state index contributed by atoms with van der Waals surface area (Å²) in [4.78, 5) is 21.5. The molecular weight excluding hydrogens is 406 g/mol. The number of hydrogen-bond acceptors (Lipinski definition) is 3. The van der Waals surface area contributed by atoms with Gasteiger partial charge in [-0.2, -0.15) is 0 Å². The van der Waals surface area contributed by atoms with Crippen LogP contribution in [0.1, 0.15) is 20.3 Å². The minimum atomic E-state index is 0.0345. The average Bonchev–Trinajstić information content (AvgIpc) is 3.17. The SMILES string of the molecule is CC[C@H](C)NC(=O)N1CCN(c2nc3cc(Br)ccc3n3cccc23)CC1. The topological polar surface area (TPSA) is 52.9 Å². The number of piperazine rings is 1. The highest BCUT2D eigenvalue weighted by Gasteiger charge is 2.24. The number of nitrogens with one attached hydrogen (secondary N) is 1. The van der Waals surface area contributed by atoms with Crippen LogP contribution < -0.4 is 10.2 Å². The molecule has 1 fully saturated rings. The zero-order chi connectivity index (χ0) is 19.0. The summed E-state index contributed by atoms with van der Waals surface area (Å²) in [5, 5.41) is 3.05. The van der Waals surface area contributed by atoms with E-state index >= 15 is 0 Å². The summed E-state index contributed by atoms with van der Waals surface area (Å²) in [7, 11) is 0. The average molecular weight is 430 g/mol. The van der Waals surface area contributed by atoms with Crippen LogP contribution in [0.5, 0.6) is 0 Å². The predicted octanol–water partition coefficient (Wildman–Crippen LogP) is 3.88. The van der Waals surface area contributed by atoms with Gasteiger partial charge in [-0.1, -0.05) is 22.9 Å². The molecule has 1 N–H and O–H groups in total. The number of nitrogens with zero attached hydrogens (tertiary/aromatic N) is 4. The van der Waals surface area contributed by atoms with Gasteiger partial charge in [0.05, 0.1) is 16.6 Å². The number of benzene rings is 1. The molecule has 1 aliphatic rings. The fourth-order valence-electron chi connectivity index (χ4n) is 3.49. The second-order valence-electron chi connectivity index (χ2n) is 7.06. The lowest BCUT2D eigenvalue weighted by atomic mass is 10.2. The number of rotatable bonds is 3. The highest BCUT2D eigenvalue weighted by molar-refractivity contribution is 9.10. The lowest BCUT2D eigenvalue weighted by Gasteiger charge is -2.36. The van der Waals surface area contributed by atoms with E-state index in [0.29, 0.717) is 13.1 Å². The molecule has 7 heteroatoms. The smallest absolute Gasteiger partial charge is 0.317 e. The Labute approximate surface area is 167 Å². The third-order valence-corrected chi connectivity index (χ3v) is 5.74. The van der Waals surface area contributed by atoms with E-state index in [4.69, 9.17) is 4.98 Å². The van der Waals surface area contributed by atoms with E-state index in [1.165, 1.54) is 0 Å². The maximum atomic E-state index is 12.4. The van der Waals surface area contributed by atoms with Gasteiger partial charge in [-0.15, -0.1) is 0 Å². The second-order valence-corrected chi connectivity index (χ2v) is 7.98. The number of halogens is 1. The molecule has 3 heterocycles. The van der Waals surface area contributed by atoms with Crippen molar-refractivity contribution >= 4 is 44.3 Å². The molecule has 2 aromatic heterocycles. The van der Waals surface area contributed by atoms with Gasteiger partial charge < -0.3 is 19.5 Å². The quantitative estimate of drug-likeness (QED) is 0.686.